The van der Waals surface area contributed by atoms with E-state index in [4.69, 9.17) is 0 Å². The lowest BCUT2D eigenvalue weighted by Crippen LogP contribution is -2.53. The van der Waals surface area contributed by atoms with Crippen LogP contribution in [0, 0.1) is 25.7 Å². The van der Waals surface area contributed by atoms with Crippen molar-refractivity contribution >= 4 is 5.91 Å². The Morgan fingerprint density at radius 1 is 1.15 bits per heavy atom. The molecule has 1 amide bonds. The fourth-order valence-corrected chi connectivity index (χ4v) is 4.08. The van der Waals surface area contributed by atoms with Crippen LogP contribution in [0.1, 0.15) is 37.1 Å². The van der Waals surface area contributed by atoms with Crippen molar-refractivity contribution in [1.29, 1.82) is 0 Å². The van der Waals surface area contributed by atoms with Crippen molar-refractivity contribution < 1.29 is 4.79 Å². The molecule has 0 atom stereocenters. The average molecular weight is 355 g/mol. The van der Waals surface area contributed by atoms with E-state index < -0.39 is 0 Å². The maximum Gasteiger partial charge on any atom is 0.266 e. The zero-order valence-electron chi connectivity index (χ0n) is 15.4. The van der Waals surface area contributed by atoms with Crippen LogP contribution in [0.15, 0.2) is 23.0 Å². The highest BCUT2D eigenvalue weighted by Crippen LogP contribution is 2.29. The first-order valence-corrected chi connectivity index (χ1v) is 9.42. The Balaban J connectivity index is 1.43. The van der Waals surface area contributed by atoms with E-state index in [-0.39, 0.29) is 11.5 Å². The minimum atomic E-state index is -0.115. The summed E-state index contributed by atoms with van der Waals surface area (Å²) in [4.78, 5) is 26.5. The van der Waals surface area contributed by atoms with Gasteiger partial charge < -0.3 is 4.90 Å². The highest BCUT2D eigenvalue weighted by molar-refractivity contribution is 5.79. The summed E-state index contributed by atoms with van der Waals surface area (Å²) in [5, 5.41) is 8.92. The lowest BCUT2D eigenvalue weighted by Gasteiger charge is -2.40. The summed E-state index contributed by atoms with van der Waals surface area (Å²) in [6.45, 7) is 5.90. The molecule has 1 saturated heterocycles. The molecule has 0 radical (unpaired) electrons. The van der Waals surface area contributed by atoms with Crippen molar-refractivity contribution in [1.82, 2.24) is 24.5 Å². The van der Waals surface area contributed by atoms with Gasteiger partial charge in [0.25, 0.3) is 5.56 Å². The van der Waals surface area contributed by atoms with Gasteiger partial charge in [0.15, 0.2) is 5.82 Å². The molecule has 1 aliphatic heterocycles. The van der Waals surface area contributed by atoms with Crippen molar-refractivity contribution in [3.05, 3.63) is 39.9 Å². The van der Waals surface area contributed by atoms with Crippen LogP contribution in [-0.4, -0.2) is 43.5 Å². The molecule has 1 aliphatic carbocycles. The molecule has 7 nitrogen and oxygen atoms in total. The molecular weight excluding hydrogens is 330 g/mol. The molecule has 2 aliphatic rings. The predicted octanol–water partition coefficient (Wildman–Crippen LogP) is 1.69. The van der Waals surface area contributed by atoms with Gasteiger partial charge in [0.05, 0.1) is 12.2 Å². The lowest BCUT2D eigenvalue weighted by molar-refractivity contribution is -0.142. The van der Waals surface area contributed by atoms with Gasteiger partial charge in [-0.05, 0) is 38.8 Å². The molecule has 1 saturated carbocycles. The predicted molar refractivity (Wildman–Crippen MR) is 97.1 cm³/mol. The van der Waals surface area contributed by atoms with Crippen molar-refractivity contribution in [2.45, 2.75) is 46.1 Å². The van der Waals surface area contributed by atoms with Crippen LogP contribution < -0.4 is 5.56 Å². The van der Waals surface area contributed by atoms with Gasteiger partial charge in [0, 0.05) is 36.7 Å². The summed E-state index contributed by atoms with van der Waals surface area (Å²) < 4.78 is 3.26. The molecule has 0 bridgehead atoms. The summed E-state index contributed by atoms with van der Waals surface area (Å²) in [6.07, 6.45) is 4.41. The standard InChI is InChI=1S/C19H25N5O2/c1-13-9-14(2)24(20-13)17-7-8-18(25)23(21-17)12-15-10-22(11-15)19(26)16-5-3-4-6-16/h7-9,15-16H,3-6,10-12H2,1-2H3. The fourth-order valence-electron chi connectivity index (χ4n) is 4.08. The number of nitrogens with zero attached hydrogens (tertiary/aromatic N) is 5. The number of aromatic nitrogens is 4. The van der Waals surface area contributed by atoms with E-state index >= 15 is 0 Å². The SMILES string of the molecule is Cc1cc(C)n(-c2ccc(=O)n(CC3CN(C(=O)C4CCCC4)C3)n2)n1. The zero-order valence-corrected chi connectivity index (χ0v) is 15.4. The summed E-state index contributed by atoms with van der Waals surface area (Å²) in [5.74, 6) is 1.47. The van der Waals surface area contributed by atoms with E-state index in [0.717, 1.165) is 37.3 Å². The quantitative estimate of drug-likeness (QED) is 0.837. The first kappa shape index (κ1) is 17.0. The van der Waals surface area contributed by atoms with Crippen LogP contribution in [0.25, 0.3) is 5.82 Å². The minimum absolute atomic E-state index is 0.115. The molecule has 0 aromatic carbocycles. The third-order valence-electron chi connectivity index (χ3n) is 5.48. The van der Waals surface area contributed by atoms with Crippen LogP contribution in [-0.2, 0) is 11.3 Å². The lowest BCUT2D eigenvalue weighted by atomic mass is 9.96. The number of likely N-dealkylation sites (tertiary alicyclic amines) is 1. The number of rotatable bonds is 4. The Bertz CT molecular complexity index is 872. The summed E-state index contributed by atoms with van der Waals surface area (Å²) in [6, 6.07) is 5.23. The largest absolute Gasteiger partial charge is 0.342 e. The van der Waals surface area contributed by atoms with Crippen LogP contribution in [0.5, 0.6) is 0 Å². The Kier molecular flexibility index (Phi) is 4.38. The molecule has 0 N–H and O–H groups in total. The minimum Gasteiger partial charge on any atom is -0.342 e. The van der Waals surface area contributed by atoms with E-state index in [2.05, 4.69) is 10.2 Å². The summed E-state index contributed by atoms with van der Waals surface area (Å²) >= 11 is 0. The molecular formula is C19H25N5O2. The number of amides is 1. The average Bonchev–Trinajstić information content (AvgIpc) is 3.21. The molecule has 26 heavy (non-hydrogen) atoms. The molecule has 7 heteroatoms. The highest BCUT2D eigenvalue weighted by Gasteiger charge is 2.35. The smallest absolute Gasteiger partial charge is 0.266 e. The Morgan fingerprint density at radius 3 is 2.54 bits per heavy atom. The topological polar surface area (TPSA) is 73.0 Å². The second-order valence-corrected chi connectivity index (χ2v) is 7.64. The fraction of sp³-hybridized carbons (Fsp3) is 0.579. The van der Waals surface area contributed by atoms with Crippen LogP contribution >= 0.6 is 0 Å². The van der Waals surface area contributed by atoms with Gasteiger partial charge in [-0.15, -0.1) is 5.10 Å². The molecule has 2 aromatic rings. The first-order valence-electron chi connectivity index (χ1n) is 9.42. The third kappa shape index (κ3) is 3.18. The molecule has 0 spiro atoms. The number of carbonyl (C=O) groups is 1. The number of aryl methyl sites for hydroxylation is 2. The highest BCUT2D eigenvalue weighted by atomic mass is 16.2. The van der Waals surface area contributed by atoms with Crippen molar-refractivity contribution in [2.24, 2.45) is 11.8 Å². The molecule has 0 unspecified atom stereocenters. The Hall–Kier alpha value is -2.44. The van der Waals surface area contributed by atoms with E-state index in [1.54, 1.807) is 16.8 Å². The maximum atomic E-state index is 12.4. The van der Waals surface area contributed by atoms with E-state index in [1.165, 1.54) is 17.5 Å². The Morgan fingerprint density at radius 2 is 1.88 bits per heavy atom. The van der Waals surface area contributed by atoms with Crippen molar-refractivity contribution in [3.8, 4) is 5.82 Å². The summed E-state index contributed by atoms with van der Waals surface area (Å²) in [7, 11) is 0. The van der Waals surface area contributed by atoms with E-state index in [9.17, 15) is 9.59 Å². The third-order valence-corrected chi connectivity index (χ3v) is 5.48. The molecule has 4 rings (SSSR count). The molecule has 3 heterocycles. The van der Waals surface area contributed by atoms with Crippen LogP contribution in [0.2, 0.25) is 0 Å². The molecule has 2 aromatic heterocycles. The van der Waals surface area contributed by atoms with E-state index in [1.807, 2.05) is 24.8 Å². The van der Waals surface area contributed by atoms with Gasteiger partial charge >= 0.3 is 0 Å². The normalized spacial score (nSPS) is 18.3. The number of hydrogen-bond donors (Lipinski definition) is 0. The van der Waals surface area contributed by atoms with E-state index in [0.29, 0.717) is 24.2 Å². The van der Waals surface area contributed by atoms with Gasteiger partial charge in [0.2, 0.25) is 5.91 Å². The van der Waals surface area contributed by atoms with Crippen LogP contribution in [0.3, 0.4) is 0 Å². The van der Waals surface area contributed by atoms with Gasteiger partial charge in [-0.2, -0.15) is 5.10 Å². The molecule has 2 fully saturated rings. The zero-order chi connectivity index (χ0) is 18.3. The summed E-state index contributed by atoms with van der Waals surface area (Å²) in [5.41, 5.74) is 1.79. The van der Waals surface area contributed by atoms with Crippen LogP contribution in [0.4, 0.5) is 0 Å². The molecule has 138 valence electrons. The van der Waals surface area contributed by atoms with Gasteiger partial charge in [0.1, 0.15) is 0 Å². The Labute approximate surface area is 152 Å². The first-order chi connectivity index (χ1) is 12.5. The van der Waals surface area contributed by atoms with Crippen molar-refractivity contribution in [3.63, 3.8) is 0 Å². The second-order valence-electron chi connectivity index (χ2n) is 7.64. The van der Waals surface area contributed by atoms with Gasteiger partial charge in [-0.25, -0.2) is 9.36 Å². The second kappa shape index (κ2) is 6.70. The number of hydrogen-bond acceptors (Lipinski definition) is 4. The van der Waals surface area contributed by atoms with Gasteiger partial charge in [-0.1, -0.05) is 12.8 Å². The maximum absolute atomic E-state index is 12.4. The monoisotopic (exact) mass is 355 g/mol. The van der Waals surface area contributed by atoms with Gasteiger partial charge in [-0.3, -0.25) is 9.59 Å². The van der Waals surface area contributed by atoms with Crippen molar-refractivity contribution in [2.75, 3.05) is 13.1 Å². The number of carbonyl (C=O) groups excluding carboxylic acids is 1.